The number of nitrogens with zero attached hydrogens (tertiary/aromatic N) is 1. The van der Waals surface area contributed by atoms with Gasteiger partial charge in [0.2, 0.25) is 0 Å². The Bertz CT molecular complexity index is 1190. The topological polar surface area (TPSA) is 40.0 Å². The molecule has 0 unspecified atom stereocenters. The van der Waals surface area contributed by atoms with Crippen LogP contribution in [-0.4, -0.2) is 13.3 Å². The van der Waals surface area contributed by atoms with Crippen molar-refractivity contribution in [2.75, 3.05) is 7.11 Å². The molecule has 0 aliphatic heterocycles. The minimum absolute atomic E-state index is 0.249. The van der Waals surface area contributed by atoms with Crippen molar-refractivity contribution in [1.82, 2.24) is 0 Å². The molecule has 160 valence electrons. The van der Waals surface area contributed by atoms with Gasteiger partial charge >= 0.3 is 0 Å². The summed E-state index contributed by atoms with van der Waals surface area (Å²) in [6.07, 6.45) is 1.76. The standard InChI is InChI=1S/C27H22FNO3/c1-30-27-17-20(10-15-26(27)31-19-21-6-5-7-22(28)16-21)18-29-23-11-13-25(14-12-23)32-24-8-3-2-4-9-24/h2-18H,19H2,1H3. The number of ether oxygens (including phenoxy) is 3. The highest BCUT2D eigenvalue weighted by molar-refractivity contribution is 5.83. The third kappa shape index (κ3) is 5.73. The van der Waals surface area contributed by atoms with Crippen molar-refractivity contribution in [3.8, 4) is 23.0 Å². The summed E-state index contributed by atoms with van der Waals surface area (Å²) in [5.41, 5.74) is 2.41. The predicted octanol–water partition coefficient (Wildman–Crippen LogP) is 6.96. The summed E-state index contributed by atoms with van der Waals surface area (Å²) in [6, 6.07) is 29.0. The third-order valence-electron chi connectivity index (χ3n) is 4.65. The molecule has 0 amide bonds. The zero-order valence-corrected chi connectivity index (χ0v) is 17.6. The first-order chi connectivity index (χ1) is 15.7. The summed E-state index contributed by atoms with van der Waals surface area (Å²) >= 11 is 0. The van der Waals surface area contributed by atoms with Gasteiger partial charge in [-0.05, 0) is 77.9 Å². The lowest BCUT2D eigenvalue weighted by Crippen LogP contribution is -1.98. The van der Waals surface area contributed by atoms with E-state index in [1.54, 1.807) is 19.4 Å². The van der Waals surface area contributed by atoms with Crippen LogP contribution in [0.15, 0.2) is 102 Å². The second-order valence-corrected chi connectivity index (χ2v) is 7.00. The van der Waals surface area contributed by atoms with E-state index in [0.717, 1.165) is 28.3 Å². The van der Waals surface area contributed by atoms with E-state index >= 15 is 0 Å². The number of rotatable bonds is 8. The Kier molecular flexibility index (Phi) is 6.78. The predicted molar refractivity (Wildman–Crippen MR) is 124 cm³/mol. The van der Waals surface area contributed by atoms with E-state index in [2.05, 4.69) is 4.99 Å². The van der Waals surface area contributed by atoms with Crippen LogP contribution in [0.5, 0.6) is 23.0 Å². The fourth-order valence-electron chi connectivity index (χ4n) is 3.05. The van der Waals surface area contributed by atoms with Crippen molar-refractivity contribution in [2.45, 2.75) is 6.61 Å². The van der Waals surface area contributed by atoms with Crippen LogP contribution in [0.2, 0.25) is 0 Å². The summed E-state index contributed by atoms with van der Waals surface area (Å²) in [5, 5.41) is 0. The van der Waals surface area contributed by atoms with Crippen LogP contribution in [0.25, 0.3) is 0 Å². The third-order valence-corrected chi connectivity index (χ3v) is 4.65. The average Bonchev–Trinajstić information content (AvgIpc) is 2.83. The van der Waals surface area contributed by atoms with Crippen LogP contribution in [-0.2, 0) is 6.61 Å². The first kappa shape index (κ1) is 21.1. The van der Waals surface area contributed by atoms with Crippen LogP contribution in [0, 0.1) is 5.82 Å². The Morgan fingerprint density at radius 1 is 0.781 bits per heavy atom. The molecule has 0 aromatic heterocycles. The molecular formula is C27H22FNO3. The number of methoxy groups -OCH3 is 1. The van der Waals surface area contributed by atoms with Gasteiger partial charge in [-0.25, -0.2) is 4.39 Å². The second kappa shape index (κ2) is 10.3. The SMILES string of the molecule is COc1cc(C=Nc2ccc(Oc3ccccc3)cc2)ccc1OCc1cccc(F)c1. The van der Waals surface area contributed by atoms with Gasteiger partial charge in [0, 0.05) is 6.21 Å². The molecule has 0 atom stereocenters. The number of hydrogen-bond donors (Lipinski definition) is 0. The molecule has 0 saturated heterocycles. The van der Waals surface area contributed by atoms with E-state index in [1.807, 2.05) is 78.9 Å². The van der Waals surface area contributed by atoms with E-state index in [0.29, 0.717) is 11.5 Å². The van der Waals surface area contributed by atoms with Crippen molar-refractivity contribution in [2.24, 2.45) is 4.99 Å². The smallest absolute Gasteiger partial charge is 0.161 e. The fraction of sp³-hybridized carbons (Fsp3) is 0.0741. The van der Waals surface area contributed by atoms with Crippen LogP contribution < -0.4 is 14.2 Å². The number of hydrogen-bond acceptors (Lipinski definition) is 4. The molecular weight excluding hydrogens is 405 g/mol. The van der Waals surface area contributed by atoms with E-state index in [-0.39, 0.29) is 12.4 Å². The molecule has 4 rings (SSSR count). The highest BCUT2D eigenvalue weighted by Gasteiger charge is 2.06. The highest BCUT2D eigenvalue weighted by atomic mass is 19.1. The van der Waals surface area contributed by atoms with Crippen LogP contribution in [0.3, 0.4) is 0 Å². The summed E-state index contributed by atoms with van der Waals surface area (Å²) in [7, 11) is 1.58. The Hall–Kier alpha value is -4.12. The molecule has 0 spiro atoms. The Labute approximate surface area is 186 Å². The lowest BCUT2D eigenvalue weighted by molar-refractivity contribution is 0.284. The van der Waals surface area contributed by atoms with Crippen molar-refractivity contribution >= 4 is 11.9 Å². The molecule has 0 aliphatic rings. The molecule has 0 aliphatic carbocycles. The van der Waals surface area contributed by atoms with E-state index in [1.165, 1.54) is 12.1 Å². The van der Waals surface area contributed by atoms with Gasteiger partial charge in [-0.15, -0.1) is 0 Å². The lowest BCUT2D eigenvalue weighted by atomic mass is 10.2. The van der Waals surface area contributed by atoms with Gasteiger partial charge in [-0.3, -0.25) is 4.99 Å². The highest BCUT2D eigenvalue weighted by Crippen LogP contribution is 2.29. The molecule has 0 N–H and O–H groups in total. The second-order valence-electron chi connectivity index (χ2n) is 7.00. The van der Waals surface area contributed by atoms with Crippen LogP contribution in [0.4, 0.5) is 10.1 Å². The van der Waals surface area contributed by atoms with Gasteiger partial charge in [0.15, 0.2) is 11.5 Å². The maximum absolute atomic E-state index is 13.3. The monoisotopic (exact) mass is 427 g/mol. The quantitative estimate of drug-likeness (QED) is 0.286. The number of para-hydroxylation sites is 1. The maximum Gasteiger partial charge on any atom is 0.161 e. The lowest BCUT2D eigenvalue weighted by Gasteiger charge is -2.11. The molecule has 0 saturated carbocycles. The first-order valence-electron chi connectivity index (χ1n) is 10.1. The Morgan fingerprint density at radius 2 is 1.56 bits per heavy atom. The molecule has 0 bridgehead atoms. The van der Waals surface area contributed by atoms with E-state index in [9.17, 15) is 4.39 Å². The van der Waals surface area contributed by atoms with Gasteiger partial charge < -0.3 is 14.2 Å². The van der Waals surface area contributed by atoms with Gasteiger partial charge in [-0.2, -0.15) is 0 Å². The van der Waals surface area contributed by atoms with Gasteiger partial charge in [-0.1, -0.05) is 30.3 Å². The van der Waals surface area contributed by atoms with Gasteiger partial charge in [0.05, 0.1) is 12.8 Å². The number of benzene rings is 4. The van der Waals surface area contributed by atoms with Crippen LogP contribution >= 0.6 is 0 Å². The molecule has 5 heteroatoms. The fourth-order valence-corrected chi connectivity index (χ4v) is 3.05. The minimum atomic E-state index is -0.288. The number of aliphatic imine (C=N–C) groups is 1. The van der Waals surface area contributed by atoms with E-state index < -0.39 is 0 Å². The average molecular weight is 427 g/mol. The summed E-state index contributed by atoms with van der Waals surface area (Å²) in [6.45, 7) is 0.249. The zero-order chi connectivity index (χ0) is 22.2. The van der Waals surface area contributed by atoms with Crippen molar-refractivity contribution in [3.05, 3.63) is 114 Å². The van der Waals surface area contributed by atoms with Gasteiger partial charge in [0.25, 0.3) is 0 Å². The molecule has 0 fully saturated rings. The largest absolute Gasteiger partial charge is 0.493 e. The van der Waals surface area contributed by atoms with Crippen LogP contribution in [0.1, 0.15) is 11.1 Å². The van der Waals surface area contributed by atoms with Gasteiger partial charge in [0.1, 0.15) is 23.9 Å². The molecule has 4 nitrogen and oxygen atoms in total. The summed E-state index contributed by atoms with van der Waals surface area (Å²) in [5.74, 6) is 2.41. The minimum Gasteiger partial charge on any atom is -0.493 e. The summed E-state index contributed by atoms with van der Waals surface area (Å²) in [4.78, 5) is 4.51. The molecule has 4 aromatic rings. The van der Waals surface area contributed by atoms with E-state index in [4.69, 9.17) is 14.2 Å². The molecule has 4 aromatic carbocycles. The molecule has 0 heterocycles. The zero-order valence-electron chi connectivity index (χ0n) is 17.6. The van der Waals surface area contributed by atoms with Crippen molar-refractivity contribution in [1.29, 1.82) is 0 Å². The first-order valence-corrected chi connectivity index (χ1v) is 10.1. The summed E-state index contributed by atoms with van der Waals surface area (Å²) < 4.78 is 30.4. The maximum atomic E-state index is 13.3. The number of halogens is 1. The normalized spacial score (nSPS) is 10.8. The Balaban J connectivity index is 1.40. The van der Waals surface area contributed by atoms with Crippen molar-refractivity contribution in [3.63, 3.8) is 0 Å². The molecule has 32 heavy (non-hydrogen) atoms. The molecule has 0 radical (unpaired) electrons. The van der Waals surface area contributed by atoms with Crippen molar-refractivity contribution < 1.29 is 18.6 Å². The Morgan fingerprint density at radius 3 is 2.31 bits per heavy atom.